The first-order valence-corrected chi connectivity index (χ1v) is 8.59. The van der Waals surface area contributed by atoms with E-state index in [4.69, 9.17) is 9.72 Å². The number of carbonyl (C=O) groups excluding carboxylic acids is 1. The topological polar surface area (TPSA) is 39.2 Å². The van der Waals surface area contributed by atoms with Crippen molar-refractivity contribution in [2.75, 3.05) is 7.11 Å². The fourth-order valence-electron chi connectivity index (χ4n) is 2.56. The van der Waals surface area contributed by atoms with Gasteiger partial charge in [0.05, 0.1) is 18.4 Å². The number of hydrogen-bond donors (Lipinski definition) is 0. The van der Waals surface area contributed by atoms with E-state index < -0.39 is 0 Å². The van der Waals surface area contributed by atoms with E-state index in [1.807, 2.05) is 12.1 Å². The summed E-state index contributed by atoms with van der Waals surface area (Å²) in [7, 11) is 1.39. The Morgan fingerprint density at radius 3 is 2.54 bits per heavy atom. The highest BCUT2D eigenvalue weighted by Crippen LogP contribution is 2.29. The Balaban J connectivity index is 1.82. The van der Waals surface area contributed by atoms with Gasteiger partial charge in [-0.05, 0) is 37.6 Å². The van der Waals surface area contributed by atoms with Crippen molar-refractivity contribution in [3.63, 3.8) is 0 Å². The average molecular weight is 337 g/mol. The molecule has 2 aromatic carbocycles. The second-order valence-corrected chi connectivity index (χ2v) is 6.96. The maximum absolute atomic E-state index is 11.5. The van der Waals surface area contributed by atoms with E-state index in [0.717, 1.165) is 28.2 Å². The minimum absolute atomic E-state index is 0.312. The van der Waals surface area contributed by atoms with E-state index in [1.165, 1.54) is 17.6 Å². The second kappa shape index (κ2) is 6.97. The molecule has 0 aliphatic carbocycles. The first-order chi connectivity index (χ1) is 11.6. The number of rotatable bonds is 4. The van der Waals surface area contributed by atoms with E-state index in [-0.39, 0.29) is 5.97 Å². The van der Waals surface area contributed by atoms with Gasteiger partial charge in [-0.25, -0.2) is 9.78 Å². The summed E-state index contributed by atoms with van der Waals surface area (Å²) in [4.78, 5) is 17.5. The van der Waals surface area contributed by atoms with Crippen molar-refractivity contribution >= 4 is 17.3 Å². The van der Waals surface area contributed by atoms with Gasteiger partial charge in [-0.1, -0.05) is 35.9 Å². The summed E-state index contributed by atoms with van der Waals surface area (Å²) < 4.78 is 4.73. The Morgan fingerprint density at radius 2 is 1.88 bits per heavy atom. The molecule has 0 spiro atoms. The number of methoxy groups -OCH3 is 1. The van der Waals surface area contributed by atoms with E-state index >= 15 is 0 Å². The van der Waals surface area contributed by atoms with E-state index in [1.54, 1.807) is 23.5 Å². The highest BCUT2D eigenvalue weighted by atomic mass is 32.1. The SMILES string of the molecule is COC(=O)c1ccc(Cc2nc(-c3cccc(C)c3)sc2C)cc1. The van der Waals surface area contributed by atoms with Crippen LogP contribution in [0.4, 0.5) is 0 Å². The predicted octanol–water partition coefficient (Wildman–Crippen LogP) is 4.80. The standard InChI is InChI=1S/C20H19NO2S/c1-13-5-4-6-17(11-13)19-21-18(14(2)24-19)12-15-7-9-16(10-8-15)20(22)23-3/h4-11H,12H2,1-3H3. The average Bonchev–Trinajstić information content (AvgIpc) is 2.96. The van der Waals surface area contributed by atoms with Crippen LogP contribution in [0.1, 0.15) is 32.1 Å². The zero-order valence-corrected chi connectivity index (χ0v) is 14.8. The van der Waals surface area contributed by atoms with Crippen molar-refractivity contribution < 1.29 is 9.53 Å². The van der Waals surface area contributed by atoms with Gasteiger partial charge in [-0.2, -0.15) is 0 Å². The Bertz CT molecular complexity index is 866. The molecule has 3 nitrogen and oxygen atoms in total. The van der Waals surface area contributed by atoms with Crippen molar-refractivity contribution in [2.24, 2.45) is 0 Å². The van der Waals surface area contributed by atoms with E-state index in [9.17, 15) is 4.79 Å². The highest BCUT2D eigenvalue weighted by molar-refractivity contribution is 7.15. The molecule has 0 bridgehead atoms. The molecule has 4 heteroatoms. The monoisotopic (exact) mass is 337 g/mol. The summed E-state index contributed by atoms with van der Waals surface area (Å²) in [6.07, 6.45) is 0.760. The van der Waals surface area contributed by atoms with Crippen LogP contribution in [0, 0.1) is 13.8 Å². The first-order valence-electron chi connectivity index (χ1n) is 7.77. The van der Waals surface area contributed by atoms with Crippen molar-refractivity contribution in [3.8, 4) is 10.6 Å². The molecule has 3 aromatic rings. The molecular formula is C20H19NO2S. The molecule has 0 amide bonds. The number of aryl methyl sites for hydroxylation is 2. The van der Waals surface area contributed by atoms with Crippen LogP contribution in [0.3, 0.4) is 0 Å². The number of carbonyl (C=O) groups is 1. The summed E-state index contributed by atoms with van der Waals surface area (Å²) in [6.45, 7) is 4.20. The van der Waals surface area contributed by atoms with Gasteiger partial charge in [0.25, 0.3) is 0 Å². The molecule has 122 valence electrons. The van der Waals surface area contributed by atoms with Gasteiger partial charge in [0.2, 0.25) is 0 Å². The van der Waals surface area contributed by atoms with Crippen LogP contribution < -0.4 is 0 Å². The Morgan fingerprint density at radius 1 is 1.12 bits per heavy atom. The molecule has 0 radical (unpaired) electrons. The molecule has 0 aliphatic heterocycles. The molecule has 0 saturated heterocycles. The number of ether oxygens (including phenoxy) is 1. The van der Waals surface area contributed by atoms with Gasteiger partial charge in [-0.3, -0.25) is 0 Å². The fourth-order valence-corrected chi connectivity index (χ4v) is 3.49. The number of hydrogen-bond acceptors (Lipinski definition) is 4. The number of thiazole rings is 1. The molecule has 0 atom stereocenters. The van der Waals surface area contributed by atoms with Crippen LogP contribution in [0.15, 0.2) is 48.5 Å². The lowest BCUT2D eigenvalue weighted by Gasteiger charge is -2.02. The summed E-state index contributed by atoms with van der Waals surface area (Å²) in [6, 6.07) is 15.9. The van der Waals surface area contributed by atoms with Gasteiger partial charge in [0.1, 0.15) is 5.01 Å². The van der Waals surface area contributed by atoms with Gasteiger partial charge in [-0.15, -0.1) is 11.3 Å². The summed E-state index contributed by atoms with van der Waals surface area (Å²) >= 11 is 1.72. The van der Waals surface area contributed by atoms with Gasteiger partial charge < -0.3 is 4.74 Å². The molecule has 3 rings (SSSR count). The third-order valence-electron chi connectivity index (χ3n) is 3.90. The molecule has 1 heterocycles. The molecule has 0 saturated carbocycles. The summed E-state index contributed by atoms with van der Waals surface area (Å²) in [5, 5.41) is 1.05. The van der Waals surface area contributed by atoms with Crippen molar-refractivity contribution in [1.82, 2.24) is 4.98 Å². The molecule has 0 N–H and O–H groups in total. The van der Waals surface area contributed by atoms with Gasteiger partial charge in [0, 0.05) is 16.9 Å². The molecular weight excluding hydrogens is 318 g/mol. The number of aromatic nitrogens is 1. The Kier molecular flexibility index (Phi) is 4.76. The number of benzene rings is 2. The molecule has 1 aromatic heterocycles. The minimum atomic E-state index is -0.312. The lowest BCUT2D eigenvalue weighted by molar-refractivity contribution is 0.0600. The molecule has 0 unspecified atom stereocenters. The molecule has 0 aliphatic rings. The van der Waals surface area contributed by atoms with Crippen LogP contribution in [-0.4, -0.2) is 18.1 Å². The Hall–Kier alpha value is -2.46. The van der Waals surface area contributed by atoms with Crippen molar-refractivity contribution in [1.29, 1.82) is 0 Å². The normalized spacial score (nSPS) is 10.6. The lowest BCUT2D eigenvalue weighted by atomic mass is 10.1. The molecule has 24 heavy (non-hydrogen) atoms. The minimum Gasteiger partial charge on any atom is -0.465 e. The van der Waals surface area contributed by atoms with E-state index in [2.05, 4.69) is 38.1 Å². The molecule has 0 fully saturated rings. The zero-order chi connectivity index (χ0) is 17.1. The summed E-state index contributed by atoms with van der Waals surface area (Å²) in [5.74, 6) is -0.312. The first kappa shape index (κ1) is 16.4. The Labute approximate surface area is 146 Å². The van der Waals surface area contributed by atoms with Crippen LogP contribution in [0.5, 0.6) is 0 Å². The van der Waals surface area contributed by atoms with E-state index in [0.29, 0.717) is 5.56 Å². The zero-order valence-electron chi connectivity index (χ0n) is 14.0. The van der Waals surface area contributed by atoms with Crippen LogP contribution in [0.25, 0.3) is 10.6 Å². The van der Waals surface area contributed by atoms with Crippen LogP contribution >= 0.6 is 11.3 Å². The predicted molar refractivity (Wildman–Crippen MR) is 97.6 cm³/mol. The van der Waals surface area contributed by atoms with Gasteiger partial charge in [0.15, 0.2) is 0 Å². The quantitative estimate of drug-likeness (QED) is 0.642. The third kappa shape index (κ3) is 3.54. The highest BCUT2D eigenvalue weighted by Gasteiger charge is 2.11. The largest absolute Gasteiger partial charge is 0.465 e. The van der Waals surface area contributed by atoms with Crippen molar-refractivity contribution in [3.05, 3.63) is 75.8 Å². The third-order valence-corrected chi connectivity index (χ3v) is 4.97. The van der Waals surface area contributed by atoms with Crippen LogP contribution in [-0.2, 0) is 11.2 Å². The van der Waals surface area contributed by atoms with Crippen LogP contribution in [0.2, 0.25) is 0 Å². The maximum Gasteiger partial charge on any atom is 0.337 e. The number of nitrogens with zero attached hydrogens (tertiary/aromatic N) is 1. The lowest BCUT2D eigenvalue weighted by Crippen LogP contribution is -2.01. The van der Waals surface area contributed by atoms with Gasteiger partial charge >= 0.3 is 5.97 Å². The fraction of sp³-hybridized carbons (Fsp3) is 0.200. The second-order valence-electron chi connectivity index (χ2n) is 5.76. The van der Waals surface area contributed by atoms with Crippen molar-refractivity contribution in [2.45, 2.75) is 20.3 Å². The summed E-state index contributed by atoms with van der Waals surface area (Å²) in [5.41, 5.74) is 5.18. The smallest absolute Gasteiger partial charge is 0.337 e. The number of esters is 1. The maximum atomic E-state index is 11.5.